The van der Waals surface area contributed by atoms with Crippen molar-refractivity contribution in [3.05, 3.63) is 118 Å². The minimum atomic E-state index is -1.51. The number of benzene rings is 4. The summed E-state index contributed by atoms with van der Waals surface area (Å²) in [7, 11) is -1.51. The van der Waals surface area contributed by atoms with Crippen LogP contribution < -0.4 is 14.8 Å². The predicted octanol–water partition coefficient (Wildman–Crippen LogP) is 4.81. The molecule has 0 aliphatic carbocycles. The van der Waals surface area contributed by atoms with E-state index in [1.165, 1.54) is 49.4 Å². The average molecular weight is 512 g/mol. The van der Waals surface area contributed by atoms with Gasteiger partial charge in [-0.05, 0) is 55.8 Å². The van der Waals surface area contributed by atoms with Gasteiger partial charge in [0, 0.05) is 11.5 Å². The third-order valence-corrected chi connectivity index (χ3v) is 6.29. The molecule has 6 nitrogen and oxygen atoms in total. The highest BCUT2D eigenvalue weighted by molar-refractivity contribution is 6.63. The highest BCUT2D eigenvalue weighted by Gasteiger charge is 2.38. The largest absolute Gasteiger partial charge is 0.635 e. The van der Waals surface area contributed by atoms with Crippen LogP contribution in [0.5, 0.6) is 17.2 Å². The number of phenols is 1. The lowest BCUT2D eigenvalue weighted by Crippen LogP contribution is -2.46. The molecule has 0 aromatic heterocycles. The maximum atomic E-state index is 14.9. The molecule has 0 spiro atoms. The summed E-state index contributed by atoms with van der Waals surface area (Å²) in [5, 5.41) is 10.6. The maximum Gasteiger partial charge on any atom is 0.635 e. The number of phenolic OH excluding ortho intramolecular Hbond substituents is 1. The Morgan fingerprint density at radius 2 is 1.42 bits per heavy atom. The van der Waals surface area contributed by atoms with Gasteiger partial charge in [-0.3, -0.25) is 14.4 Å². The minimum Gasteiger partial charge on any atom is -0.521 e. The Balaban J connectivity index is 1.73. The number of hydrogen-bond donors (Lipinski definition) is 1. The summed E-state index contributed by atoms with van der Waals surface area (Å²) in [6.45, 7) is 2.96. The maximum absolute atomic E-state index is 14.9. The van der Waals surface area contributed by atoms with Crippen LogP contribution in [0.2, 0.25) is 0 Å². The highest BCUT2D eigenvalue weighted by atomic mass is 19.1. The zero-order valence-electron chi connectivity index (χ0n) is 20.2. The van der Waals surface area contributed by atoms with E-state index in [0.717, 1.165) is 12.1 Å². The van der Waals surface area contributed by atoms with E-state index in [9.17, 15) is 28.3 Å². The topological polar surface area (TPSA) is 89.9 Å². The molecule has 0 atom stereocenters. The lowest BCUT2D eigenvalue weighted by molar-refractivity contribution is 0.101. The molecular formula is C29H19BF2O6. The molecule has 0 saturated heterocycles. The molecule has 0 unspecified atom stereocenters. The zero-order valence-corrected chi connectivity index (χ0v) is 20.2. The van der Waals surface area contributed by atoms with Crippen molar-refractivity contribution in [1.82, 2.24) is 0 Å². The van der Waals surface area contributed by atoms with Crippen molar-refractivity contribution in [3.8, 4) is 17.2 Å². The first-order valence-electron chi connectivity index (χ1n) is 11.6. The molecule has 0 saturated carbocycles. The van der Waals surface area contributed by atoms with Crippen LogP contribution in [-0.2, 0) is 0 Å². The van der Waals surface area contributed by atoms with Crippen LogP contribution in [-0.4, -0.2) is 29.6 Å². The Morgan fingerprint density at radius 1 is 0.816 bits per heavy atom. The summed E-state index contributed by atoms with van der Waals surface area (Å²) in [5.41, 5.74) is 0.211. The van der Waals surface area contributed by atoms with Crippen molar-refractivity contribution in [2.75, 3.05) is 0 Å². The number of fused-ring (bicyclic) bond motifs is 2. The Hall–Kier alpha value is -4.79. The standard InChI is InChI=1S/C29H19BF2O6/c1-15-6-3-9-20-27(36)22-11-5-10-21(26(35)19-8-4-7-18(16(2)33)25(19)34)29(22)38-30(37-28(15)20)23-13-12-17(31)14-24(23)32/h3-14,34H,1-2H3. The second-order valence-electron chi connectivity index (χ2n) is 8.78. The molecule has 1 N–H and O–H groups in total. The molecular weight excluding hydrogens is 493 g/mol. The van der Waals surface area contributed by atoms with Crippen LogP contribution in [0.1, 0.15) is 54.7 Å². The average Bonchev–Trinajstić information content (AvgIpc) is 2.88. The molecule has 0 amide bonds. The number of Topliss-reactive ketones (excluding diaryl/α,β-unsaturated/α-hetero) is 1. The molecule has 0 fully saturated rings. The van der Waals surface area contributed by atoms with Gasteiger partial charge in [-0.2, -0.15) is 0 Å². The first-order valence-corrected chi connectivity index (χ1v) is 11.6. The number of carbonyl (C=O) groups is 3. The first-order chi connectivity index (χ1) is 18.2. The van der Waals surface area contributed by atoms with Gasteiger partial charge in [-0.1, -0.05) is 30.3 Å². The van der Waals surface area contributed by atoms with Gasteiger partial charge >= 0.3 is 7.12 Å². The van der Waals surface area contributed by atoms with Crippen LogP contribution in [0.15, 0.2) is 72.8 Å². The van der Waals surface area contributed by atoms with Crippen LogP contribution >= 0.6 is 0 Å². The van der Waals surface area contributed by atoms with Gasteiger partial charge in [0.15, 0.2) is 17.3 Å². The number of para-hydroxylation sites is 3. The summed E-state index contributed by atoms with van der Waals surface area (Å²) >= 11 is 0. The lowest BCUT2D eigenvalue weighted by atomic mass is 9.76. The summed E-state index contributed by atoms with van der Waals surface area (Å²) < 4.78 is 40.6. The quantitative estimate of drug-likeness (QED) is 0.312. The number of halogens is 2. The number of rotatable bonds is 4. The SMILES string of the molecule is CC(=O)c1cccc(C(=O)c2cccc3c2OB(c2ccc(F)cc2F)Oc2c(C)cccc2C3=O)c1O. The van der Waals surface area contributed by atoms with Gasteiger partial charge in [-0.25, -0.2) is 8.78 Å². The van der Waals surface area contributed by atoms with Gasteiger partial charge in [0.05, 0.1) is 27.8 Å². The monoisotopic (exact) mass is 512 g/mol. The second kappa shape index (κ2) is 9.59. The molecule has 5 rings (SSSR count). The normalized spacial score (nSPS) is 12.4. The second-order valence-corrected chi connectivity index (χ2v) is 8.78. The number of aryl methyl sites for hydroxylation is 1. The molecule has 1 aliphatic rings. The zero-order chi connectivity index (χ0) is 27.1. The molecule has 0 radical (unpaired) electrons. The smallest absolute Gasteiger partial charge is 0.521 e. The Bertz CT molecular complexity index is 1650. The lowest BCUT2D eigenvalue weighted by Gasteiger charge is -2.26. The van der Waals surface area contributed by atoms with Crippen LogP contribution in [0, 0.1) is 18.6 Å². The Kier molecular flexibility index (Phi) is 6.28. The summed E-state index contributed by atoms with van der Waals surface area (Å²) in [6.07, 6.45) is 0. The van der Waals surface area contributed by atoms with Gasteiger partial charge in [-0.15, -0.1) is 0 Å². The number of hydrogen-bond acceptors (Lipinski definition) is 6. The van der Waals surface area contributed by atoms with Crippen molar-refractivity contribution in [1.29, 1.82) is 0 Å². The van der Waals surface area contributed by atoms with Gasteiger partial charge in [0.1, 0.15) is 28.9 Å². The summed E-state index contributed by atoms with van der Waals surface area (Å²) in [6, 6.07) is 16.2. The summed E-state index contributed by atoms with van der Waals surface area (Å²) in [5.74, 6) is -4.02. The van der Waals surface area contributed by atoms with E-state index < -0.39 is 41.9 Å². The van der Waals surface area contributed by atoms with Crippen molar-refractivity contribution < 1.29 is 37.6 Å². The van der Waals surface area contributed by atoms with Crippen molar-refractivity contribution in [2.24, 2.45) is 0 Å². The number of aromatic hydroxyl groups is 1. The molecule has 188 valence electrons. The van der Waals surface area contributed by atoms with E-state index in [1.807, 2.05) is 0 Å². The van der Waals surface area contributed by atoms with Gasteiger partial charge < -0.3 is 14.4 Å². The van der Waals surface area contributed by atoms with E-state index in [-0.39, 0.29) is 44.8 Å². The molecule has 0 bridgehead atoms. The molecule has 4 aromatic rings. The van der Waals surface area contributed by atoms with E-state index in [0.29, 0.717) is 11.6 Å². The molecule has 9 heteroatoms. The van der Waals surface area contributed by atoms with Gasteiger partial charge in [0.25, 0.3) is 0 Å². The van der Waals surface area contributed by atoms with Crippen LogP contribution in [0.25, 0.3) is 0 Å². The Morgan fingerprint density at radius 3 is 2.13 bits per heavy atom. The fraction of sp³-hybridized carbons (Fsp3) is 0.0690. The van der Waals surface area contributed by atoms with Crippen LogP contribution in [0.4, 0.5) is 8.78 Å². The third kappa shape index (κ3) is 4.22. The number of carbonyl (C=O) groups excluding carboxylic acids is 3. The van der Waals surface area contributed by atoms with E-state index in [1.54, 1.807) is 19.1 Å². The highest BCUT2D eigenvalue weighted by Crippen LogP contribution is 2.36. The van der Waals surface area contributed by atoms with Crippen molar-refractivity contribution in [2.45, 2.75) is 13.8 Å². The van der Waals surface area contributed by atoms with E-state index in [2.05, 4.69) is 0 Å². The summed E-state index contributed by atoms with van der Waals surface area (Å²) in [4.78, 5) is 39.2. The van der Waals surface area contributed by atoms with E-state index in [4.69, 9.17) is 9.31 Å². The number of ketones is 3. The third-order valence-electron chi connectivity index (χ3n) is 6.29. The van der Waals surface area contributed by atoms with E-state index >= 15 is 0 Å². The van der Waals surface area contributed by atoms with Gasteiger partial charge in [0.2, 0.25) is 0 Å². The molecule has 1 aliphatic heterocycles. The molecule has 1 heterocycles. The minimum absolute atomic E-state index is 0.000678. The van der Waals surface area contributed by atoms with Crippen molar-refractivity contribution >= 4 is 29.9 Å². The fourth-order valence-electron chi connectivity index (χ4n) is 4.37. The first kappa shape index (κ1) is 24.9. The molecule has 38 heavy (non-hydrogen) atoms. The molecule has 4 aromatic carbocycles. The predicted molar refractivity (Wildman–Crippen MR) is 136 cm³/mol. The van der Waals surface area contributed by atoms with Crippen molar-refractivity contribution in [3.63, 3.8) is 0 Å². The van der Waals surface area contributed by atoms with Crippen LogP contribution in [0.3, 0.4) is 0 Å². The fourth-order valence-corrected chi connectivity index (χ4v) is 4.37. The Labute approximate surface area is 216 Å².